The molecule has 0 radical (unpaired) electrons. The number of hydrogen-bond acceptors (Lipinski definition) is 1. The van der Waals surface area contributed by atoms with Gasteiger partial charge in [-0.2, -0.15) is 0 Å². The molecule has 0 unspecified atom stereocenters. The molecule has 1 nitrogen and oxygen atoms in total. The summed E-state index contributed by atoms with van der Waals surface area (Å²) >= 11 is 0. The average molecular weight is 133 g/mol. The number of hydrogen-bond donors (Lipinski definition) is 0. The highest BCUT2D eigenvalue weighted by Gasteiger charge is 1.99. The predicted molar refractivity (Wildman–Crippen MR) is 45.1 cm³/mol. The molecular weight excluding hydrogens is 122 g/mol. The van der Waals surface area contributed by atoms with Crippen LogP contribution in [0.4, 0.5) is 0 Å². The van der Waals surface area contributed by atoms with Crippen LogP contribution in [-0.4, -0.2) is 6.21 Å². The quantitative estimate of drug-likeness (QED) is 0.513. The SMILES string of the molecule is C=CN=CC1=C(C)CC=C1. The van der Waals surface area contributed by atoms with Crippen molar-refractivity contribution in [3.05, 3.63) is 36.1 Å². The maximum atomic E-state index is 3.93. The van der Waals surface area contributed by atoms with Crippen molar-refractivity contribution in [3.63, 3.8) is 0 Å². The van der Waals surface area contributed by atoms with Crippen molar-refractivity contribution in [3.8, 4) is 0 Å². The summed E-state index contributed by atoms with van der Waals surface area (Å²) < 4.78 is 0. The Kier molecular flexibility index (Phi) is 2.21. The first-order valence-corrected chi connectivity index (χ1v) is 3.35. The van der Waals surface area contributed by atoms with Crippen LogP contribution in [0.2, 0.25) is 0 Å². The lowest BCUT2D eigenvalue weighted by molar-refractivity contribution is 1.24. The van der Waals surface area contributed by atoms with Crippen molar-refractivity contribution in [1.29, 1.82) is 0 Å². The van der Waals surface area contributed by atoms with E-state index in [1.54, 1.807) is 6.20 Å². The standard InChI is InChI=1S/C9H11N/c1-3-10-7-9-6-4-5-8(9)2/h3-4,6-7H,1,5H2,2H3. The first-order chi connectivity index (χ1) is 4.84. The van der Waals surface area contributed by atoms with Gasteiger partial charge >= 0.3 is 0 Å². The highest BCUT2D eigenvalue weighted by Crippen LogP contribution is 2.15. The van der Waals surface area contributed by atoms with Gasteiger partial charge in [0, 0.05) is 12.4 Å². The molecule has 1 rings (SSSR count). The van der Waals surface area contributed by atoms with E-state index in [0.29, 0.717) is 0 Å². The lowest BCUT2D eigenvalue weighted by atomic mass is 10.2. The highest BCUT2D eigenvalue weighted by molar-refractivity contribution is 5.84. The third-order valence-electron chi connectivity index (χ3n) is 1.53. The Morgan fingerprint density at radius 3 is 3.00 bits per heavy atom. The van der Waals surface area contributed by atoms with Crippen molar-refractivity contribution in [2.75, 3.05) is 0 Å². The van der Waals surface area contributed by atoms with E-state index in [1.807, 2.05) is 6.21 Å². The fourth-order valence-electron chi connectivity index (χ4n) is 0.909. The lowest BCUT2D eigenvalue weighted by Crippen LogP contribution is -1.79. The molecule has 0 saturated heterocycles. The van der Waals surface area contributed by atoms with E-state index in [0.717, 1.165) is 6.42 Å². The summed E-state index contributed by atoms with van der Waals surface area (Å²) in [7, 11) is 0. The number of nitrogens with zero attached hydrogens (tertiary/aromatic N) is 1. The van der Waals surface area contributed by atoms with Crippen LogP contribution in [0.15, 0.2) is 41.1 Å². The van der Waals surface area contributed by atoms with Gasteiger partial charge in [-0.1, -0.05) is 24.3 Å². The summed E-state index contributed by atoms with van der Waals surface area (Å²) in [5, 5.41) is 0. The monoisotopic (exact) mass is 133 g/mol. The predicted octanol–water partition coefficient (Wildman–Crippen LogP) is 2.48. The van der Waals surface area contributed by atoms with E-state index in [9.17, 15) is 0 Å². The largest absolute Gasteiger partial charge is 0.265 e. The molecule has 0 atom stereocenters. The van der Waals surface area contributed by atoms with Gasteiger partial charge < -0.3 is 0 Å². The van der Waals surface area contributed by atoms with Gasteiger partial charge in [-0.15, -0.1) is 0 Å². The second kappa shape index (κ2) is 3.16. The molecule has 0 bridgehead atoms. The zero-order chi connectivity index (χ0) is 7.40. The van der Waals surface area contributed by atoms with E-state index in [2.05, 4.69) is 30.6 Å². The molecule has 1 heteroatoms. The van der Waals surface area contributed by atoms with Gasteiger partial charge in [0.15, 0.2) is 0 Å². The minimum atomic E-state index is 1.07. The Bertz CT molecular complexity index is 219. The summed E-state index contributed by atoms with van der Waals surface area (Å²) in [5.41, 5.74) is 2.60. The average Bonchev–Trinajstić information content (AvgIpc) is 2.31. The van der Waals surface area contributed by atoms with Crippen molar-refractivity contribution in [2.45, 2.75) is 13.3 Å². The molecule has 0 N–H and O–H groups in total. The molecule has 0 amide bonds. The van der Waals surface area contributed by atoms with Crippen LogP contribution in [0.25, 0.3) is 0 Å². The Balaban J connectivity index is 2.71. The van der Waals surface area contributed by atoms with Crippen LogP contribution in [0.5, 0.6) is 0 Å². The van der Waals surface area contributed by atoms with E-state index < -0.39 is 0 Å². The summed E-state index contributed by atoms with van der Waals surface area (Å²) in [6.45, 7) is 5.62. The van der Waals surface area contributed by atoms with Crippen molar-refractivity contribution in [2.24, 2.45) is 4.99 Å². The van der Waals surface area contributed by atoms with E-state index in [-0.39, 0.29) is 0 Å². The molecule has 0 aliphatic heterocycles. The normalized spacial score (nSPS) is 17.3. The zero-order valence-corrected chi connectivity index (χ0v) is 6.17. The molecule has 0 saturated carbocycles. The van der Waals surface area contributed by atoms with Gasteiger partial charge in [0.1, 0.15) is 0 Å². The molecule has 0 spiro atoms. The van der Waals surface area contributed by atoms with Crippen LogP contribution in [-0.2, 0) is 0 Å². The second-order valence-corrected chi connectivity index (χ2v) is 2.30. The number of aliphatic imine (C=N–C) groups is 1. The first-order valence-electron chi connectivity index (χ1n) is 3.35. The topological polar surface area (TPSA) is 12.4 Å². The Labute approximate surface area is 61.5 Å². The van der Waals surface area contributed by atoms with Gasteiger partial charge in [-0.25, -0.2) is 0 Å². The molecule has 1 aliphatic carbocycles. The Hall–Kier alpha value is -1.11. The molecule has 10 heavy (non-hydrogen) atoms. The zero-order valence-electron chi connectivity index (χ0n) is 6.17. The minimum Gasteiger partial charge on any atom is -0.265 e. The smallest absolute Gasteiger partial charge is 0.0339 e. The van der Waals surface area contributed by atoms with Crippen LogP contribution in [0.3, 0.4) is 0 Å². The van der Waals surface area contributed by atoms with Gasteiger partial charge in [0.25, 0.3) is 0 Å². The maximum absolute atomic E-state index is 3.93. The second-order valence-electron chi connectivity index (χ2n) is 2.30. The van der Waals surface area contributed by atoms with E-state index >= 15 is 0 Å². The first kappa shape index (κ1) is 7.00. The van der Waals surface area contributed by atoms with Crippen LogP contribution in [0.1, 0.15) is 13.3 Å². The molecule has 0 aromatic heterocycles. The van der Waals surface area contributed by atoms with E-state index in [1.165, 1.54) is 11.1 Å². The summed E-state index contributed by atoms with van der Waals surface area (Å²) in [5.74, 6) is 0. The Morgan fingerprint density at radius 1 is 1.70 bits per heavy atom. The molecular formula is C9H11N. The molecule has 0 aromatic carbocycles. The van der Waals surface area contributed by atoms with Gasteiger partial charge in [0.05, 0.1) is 0 Å². The third kappa shape index (κ3) is 1.44. The number of rotatable bonds is 2. The Morgan fingerprint density at radius 2 is 2.50 bits per heavy atom. The summed E-state index contributed by atoms with van der Waals surface area (Å²) in [6, 6.07) is 0. The van der Waals surface area contributed by atoms with Gasteiger partial charge in [-0.05, 0) is 18.9 Å². The summed E-state index contributed by atoms with van der Waals surface area (Å²) in [6.07, 6.45) is 8.68. The van der Waals surface area contributed by atoms with Crippen LogP contribution >= 0.6 is 0 Å². The molecule has 52 valence electrons. The minimum absolute atomic E-state index is 1.07. The number of allylic oxidation sites excluding steroid dienone is 4. The third-order valence-corrected chi connectivity index (χ3v) is 1.53. The highest BCUT2D eigenvalue weighted by atomic mass is 14.7. The molecule has 0 aromatic rings. The summed E-state index contributed by atoms with van der Waals surface area (Å²) in [4.78, 5) is 3.93. The molecule has 1 aliphatic rings. The van der Waals surface area contributed by atoms with Crippen molar-refractivity contribution >= 4 is 6.21 Å². The maximum Gasteiger partial charge on any atom is 0.0339 e. The van der Waals surface area contributed by atoms with E-state index in [4.69, 9.17) is 0 Å². The van der Waals surface area contributed by atoms with Gasteiger partial charge in [0.2, 0.25) is 0 Å². The van der Waals surface area contributed by atoms with Crippen LogP contribution < -0.4 is 0 Å². The molecule has 0 fully saturated rings. The fraction of sp³-hybridized carbons (Fsp3) is 0.222. The lowest BCUT2D eigenvalue weighted by Gasteiger charge is -1.90. The van der Waals surface area contributed by atoms with Crippen LogP contribution in [0, 0.1) is 0 Å². The van der Waals surface area contributed by atoms with Crippen molar-refractivity contribution in [1.82, 2.24) is 0 Å². The van der Waals surface area contributed by atoms with Gasteiger partial charge in [-0.3, -0.25) is 4.99 Å². The fourth-order valence-corrected chi connectivity index (χ4v) is 0.909. The van der Waals surface area contributed by atoms with Crippen molar-refractivity contribution < 1.29 is 0 Å². The molecule has 0 heterocycles.